The monoisotopic (exact) mass is 459 g/mol. The quantitative estimate of drug-likeness (QED) is 0.198. The van der Waals surface area contributed by atoms with Gasteiger partial charge < -0.3 is 0 Å². The number of hydrogen-bond donors (Lipinski definition) is 0. The standard InChI is InChI=1S/C31H25NO3/c1-31(28(33)25-13-7-3-8-14-25)21-27(32(30(31)35)29(34)26-15-9-4-10-16-26)24-19-17-23(18-20-24)22-11-5-2-6-12-22/h2-20,27H,21H2,1H3/t27-,31+/m1/s1. The molecule has 1 aliphatic heterocycles. The summed E-state index contributed by atoms with van der Waals surface area (Å²) in [4.78, 5) is 42.2. The molecule has 172 valence electrons. The molecule has 1 aliphatic rings. The first-order valence-electron chi connectivity index (χ1n) is 11.7. The lowest BCUT2D eigenvalue weighted by Crippen LogP contribution is -2.41. The zero-order chi connectivity index (χ0) is 24.4. The van der Waals surface area contributed by atoms with Gasteiger partial charge in [0.05, 0.1) is 6.04 Å². The first-order chi connectivity index (χ1) is 17.0. The van der Waals surface area contributed by atoms with Crippen LogP contribution in [-0.4, -0.2) is 22.5 Å². The van der Waals surface area contributed by atoms with Crippen LogP contribution in [0.3, 0.4) is 0 Å². The van der Waals surface area contributed by atoms with Crippen LogP contribution in [0.25, 0.3) is 11.1 Å². The molecule has 0 N–H and O–H groups in total. The molecule has 0 spiro atoms. The molecule has 5 rings (SSSR count). The summed E-state index contributed by atoms with van der Waals surface area (Å²) in [6.45, 7) is 1.66. The highest BCUT2D eigenvalue weighted by atomic mass is 16.2. The third kappa shape index (κ3) is 4.08. The predicted molar refractivity (Wildman–Crippen MR) is 136 cm³/mol. The van der Waals surface area contributed by atoms with Gasteiger partial charge in [-0.2, -0.15) is 0 Å². The Morgan fingerprint density at radius 1 is 0.686 bits per heavy atom. The highest BCUT2D eigenvalue weighted by Gasteiger charge is 2.55. The van der Waals surface area contributed by atoms with Gasteiger partial charge in [0.15, 0.2) is 5.78 Å². The maximum absolute atomic E-state index is 13.8. The van der Waals surface area contributed by atoms with Crippen molar-refractivity contribution in [3.8, 4) is 11.1 Å². The normalized spacial score (nSPS) is 19.5. The van der Waals surface area contributed by atoms with Gasteiger partial charge in [-0.1, -0.05) is 103 Å². The van der Waals surface area contributed by atoms with Gasteiger partial charge in [-0.3, -0.25) is 19.3 Å². The lowest BCUT2D eigenvalue weighted by atomic mass is 9.79. The molecule has 1 saturated heterocycles. The topological polar surface area (TPSA) is 54.5 Å². The molecule has 4 heteroatoms. The first kappa shape index (κ1) is 22.5. The number of amides is 2. The Balaban J connectivity index is 1.55. The zero-order valence-corrected chi connectivity index (χ0v) is 19.4. The third-order valence-corrected chi connectivity index (χ3v) is 6.78. The van der Waals surface area contributed by atoms with E-state index < -0.39 is 23.3 Å². The summed E-state index contributed by atoms with van der Waals surface area (Å²) < 4.78 is 0. The molecule has 4 nitrogen and oxygen atoms in total. The molecule has 0 aromatic heterocycles. The number of carbonyl (C=O) groups is 3. The fourth-order valence-corrected chi connectivity index (χ4v) is 4.82. The van der Waals surface area contributed by atoms with E-state index in [1.54, 1.807) is 55.5 Å². The number of likely N-dealkylation sites (tertiary alicyclic amines) is 1. The van der Waals surface area contributed by atoms with Gasteiger partial charge in [0.25, 0.3) is 5.91 Å². The van der Waals surface area contributed by atoms with Gasteiger partial charge in [-0.15, -0.1) is 0 Å². The van der Waals surface area contributed by atoms with E-state index >= 15 is 0 Å². The lowest BCUT2D eigenvalue weighted by Gasteiger charge is -2.24. The number of nitrogens with zero attached hydrogens (tertiary/aromatic N) is 1. The van der Waals surface area contributed by atoms with E-state index in [2.05, 4.69) is 0 Å². The van der Waals surface area contributed by atoms with Crippen molar-refractivity contribution >= 4 is 17.6 Å². The molecule has 0 saturated carbocycles. The number of benzene rings is 4. The summed E-state index contributed by atoms with van der Waals surface area (Å²) in [6, 6.07) is 34.9. The minimum Gasteiger partial charge on any atom is -0.293 e. The smallest absolute Gasteiger partial charge is 0.261 e. The summed E-state index contributed by atoms with van der Waals surface area (Å²) in [5, 5.41) is 0. The maximum atomic E-state index is 13.8. The van der Waals surface area contributed by atoms with Gasteiger partial charge in [0, 0.05) is 11.1 Å². The molecule has 2 atom stereocenters. The highest BCUT2D eigenvalue weighted by molar-refractivity contribution is 6.19. The van der Waals surface area contributed by atoms with E-state index in [9.17, 15) is 14.4 Å². The molecule has 2 amide bonds. The van der Waals surface area contributed by atoms with Crippen molar-refractivity contribution in [1.82, 2.24) is 4.90 Å². The Morgan fingerprint density at radius 2 is 1.17 bits per heavy atom. The molecule has 4 aromatic rings. The van der Waals surface area contributed by atoms with Crippen molar-refractivity contribution in [2.24, 2.45) is 5.41 Å². The Labute approximate surface area is 204 Å². The Hall–Kier alpha value is -4.31. The molecule has 4 aromatic carbocycles. The SMILES string of the molecule is C[C@@]1(C(=O)c2ccccc2)C[C@H](c2ccc(-c3ccccc3)cc2)N(C(=O)c2ccccc2)C1=O. The summed E-state index contributed by atoms with van der Waals surface area (Å²) >= 11 is 0. The van der Waals surface area contributed by atoms with Crippen molar-refractivity contribution in [3.63, 3.8) is 0 Å². The van der Waals surface area contributed by atoms with Crippen LogP contribution in [0.4, 0.5) is 0 Å². The zero-order valence-electron chi connectivity index (χ0n) is 19.4. The maximum Gasteiger partial charge on any atom is 0.261 e. The number of imide groups is 1. The fourth-order valence-electron chi connectivity index (χ4n) is 4.82. The second-order valence-electron chi connectivity index (χ2n) is 9.08. The van der Waals surface area contributed by atoms with Gasteiger partial charge >= 0.3 is 0 Å². The molecule has 0 bridgehead atoms. The summed E-state index contributed by atoms with van der Waals surface area (Å²) in [6.07, 6.45) is 0.225. The van der Waals surface area contributed by atoms with Crippen LogP contribution in [0, 0.1) is 5.41 Å². The Bertz CT molecular complexity index is 1370. The van der Waals surface area contributed by atoms with E-state index in [-0.39, 0.29) is 12.2 Å². The molecule has 0 unspecified atom stereocenters. The van der Waals surface area contributed by atoms with Crippen LogP contribution in [0.2, 0.25) is 0 Å². The van der Waals surface area contributed by atoms with Gasteiger partial charge in [0.1, 0.15) is 5.41 Å². The van der Waals surface area contributed by atoms with Crippen LogP contribution >= 0.6 is 0 Å². The van der Waals surface area contributed by atoms with E-state index in [4.69, 9.17) is 0 Å². The van der Waals surface area contributed by atoms with Gasteiger partial charge in [-0.25, -0.2) is 0 Å². The molecule has 0 aliphatic carbocycles. The molecule has 0 radical (unpaired) electrons. The fraction of sp³-hybridized carbons (Fsp3) is 0.129. The summed E-state index contributed by atoms with van der Waals surface area (Å²) in [7, 11) is 0. The summed E-state index contributed by atoms with van der Waals surface area (Å²) in [5.41, 5.74) is 2.50. The number of Topliss-reactive ketones (excluding diaryl/α,β-unsaturated/α-hetero) is 1. The molecular weight excluding hydrogens is 434 g/mol. The minimum atomic E-state index is -1.34. The van der Waals surface area contributed by atoms with Crippen LogP contribution in [0.5, 0.6) is 0 Å². The summed E-state index contributed by atoms with van der Waals surface area (Å²) in [5.74, 6) is -1.12. The molecule has 1 heterocycles. The van der Waals surface area contributed by atoms with Crippen molar-refractivity contribution in [1.29, 1.82) is 0 Å². The average Bonchev–Trinajstić information content (AvgIpc) is 3.20. The van der Waals surface area contributed by atoms with Gasteiger partial charge in [0.2, 0.25) is 5.91 Å². The van der Waals surface area contributed by atoms with Crippen LogP contribution < -0.4 is 0 Å². The van der Waals surface area contributed by atoms with Crippen molar-refractivity contribution in [2.45, 2.75) is 19.4 Å². The van der Waals surface area contributed by atoms with Crippen molar-refractivity contribution < 1.29 is 14.4 Å². The first-order valence-corrected chi connectivity index (χ1v) is 11.7. The number of rotatable bonds is 5. The third-order valence-electron chi connectivity index (χ3n) is 6.78. The Morgan fingerprint density at radius 3 is 1.74 bits per heavy atom. The van der Waals surface area contributed by atoms with E-state index in [0.29, 0.717) is 11.1 Å². The van der Waals surface area contributed by atoms with Crippen LogP contribution in [0.1, 0.15) is 45.7 Å². The number of hydrogen-bond acceptors (Lipinski definition) is 3. The van der Waals surface area contributed by atoms with Crippen LogP contribution in [0.15, 0.2) is 115 Å². The van der Waals surface area contributed by atoms with Crippen molar-refractivity contribution in [3.05, 3.63) is 132 Å². The van der Waals surface area contributed by atoms with E-state index in [1.807, 2.05) is 66.7 Å². The minimum absolute atomic E-state index is 0.225. The Kier molecular flexibility index (Phi) is 5.87. The molecular formula is C31H25NO3. The second-order valence-corrected chi connectivity index (χ2v) is 9.08. The molecule has 35 heavy (non-hydrogen) atoms. The molecule has 1 fully saturated rings. The number of carbonyl (C=O) groups excluding carboxylic acids is 3. The number of ketones is 1. The predicted octanol–water partition coefficient (Wildman–Crippen LogP) is 6.36. The van der Waals surface area contributed by atoms with Gasteiger partial charge in [-0.05, 0) is 42.2 Å². The van der Waals surface area contributed by atoms with E-state index in [1.165, 1.54) is 4.90 Å². The lowest BCUT2D eigenvalue weighted by molar-refractivity contribution is -0.131. The average molecular weight is 460 g/mol. The largest absolute Gasteiger partial charge is 0.293 e. The second kappa shape index (κ2) is 9.15. The van der Waals surface area contributed by atoms with Crippen LogP contribution in [-0.2, 0) is 4.79 Å². The van der Waals surface area contributed by atoms with Crippen molar-refractivity contribution in [2.75, 3.05) is 0 Å². The highest BCUT2D eigenvalue weighted by Crippen LogP contribution is 2.46. The van der Waals surface area contributed by atoms with E-state index in [0.717, 1.165) is 16.7 Å².